The van der Waals surface area contributed by atoms with Gasteiger partial charge < -0.3 is 32.5 Å². The fourth-order valence-electron chi connectivity index (χ4n) is 3.98. The highest BCUT2D eigenvalue weighted by Gasteiger charge is 2.37. The van der Waals surface area contributed by atoms with E-state index in [1.807, 2.05) is 19.9 Å². The van der Waals surface area contributed by atoms with Crippen molar-refractivity contribution in [3.05, 3.63) is 71.4 Å². The molecule has 0 saturated carbocycles. The van der Waals surface area contributed by atoms with E-state index in [-0.39, 0.29) is 23.6 Å². The Hall–Kier alpha value is -3.48. The van der Waals surface area contributed by atoms with Gasteiger partial charge in [-0.2, -0.15) is 23.5 Å². The monoisotopic (exact) mass is 585 g/mol. The second-order valence-electron chi connectivity index (χ2n) is 9.83. The first kappa shape index (κ1) is 31.1. The summed E-state index contributed by atoms with van der Waals surface area (Å²) in [5, 5.41) is 17.5. The lowest BCUT2D eigenvalue weighted by Crippen LogP contribution is -2.57. The Morgan fingerprint density at radius 1 is 1.12 bits per heavy atom. The minimum atomic E-state index is -1.000. The van der Waals surface area contributed by atoms with Gasteiger partial charge >= 0.3 is 0 Å². The molecule has 12 heteroatoms. The summed E-state index contributed by atoms with van der Waals surface area (Å²) in [6, 6.07) is 12.3. The van der Waals surface area contributed by atoms with Gasteiger partial charge in [0.2, 0.25) is 17.7 Å². The molecule has 0 radical (unpaired) electrons. The summed E-state index contributed by atoms with van der Waals surface area (Å²) < 4.78 is -0.716. The Labute approximate surface area is 242 Å². The van der Waals surface area contributed by atoms with E-state index in [1.165, 1.54) is 41.7 Å². The van der Waals surface area contributed by atoms with Crippen LogP contribution in [0.1, 0.15) is 25.0 Å². The van der Waals surface area contributed by atoms with Gasteiger partial charge in [-0.15, -0.1) is 0 Å². The molecule has 1 aliphatic heterocycles. The topological polar surface area (TPSA) is 177 Å². The molecule has 10 nitrogen and oxygen atoms in total. The molecule has 1 heterocycles. The molecule has 0 bridgehead atoms. The average Bonchev–Trinajstić information content (AvgIpc) is 2.91. The van der Waals surface area contributed by atoms with E-state index in [1.54, 1.807) is 36.4 Å². The van der Waals surface area contributed by atoms with Crippen LogP contribution in [0.25, 0.3) is 6.08 Å². The van der Waals surface area contributed by atoms with Crippen molar-refractivity contribution in [1.29, 1.82) is 0 Å². The fraction of sp³-hybridized carbons (Fsp3) is 0.357. The number of phenolic OH excluding ortho intramolecular Hbond substituents is 1. The summed E-state index contributed by atoms with van der Waals surface area (Å²) in [5.74, 6) is -0.915. The van der Waals surface area contributed by atoms with Gasteiger partial charge in [-0.1, -0.05) is 42.5 Å². The van der Waals surface area contributed by atoms with Crippen LogP contribution in [-0.2, 0) is 25.6 Å². The molecule has 1 unspecified atom stereocenters. The number of carbonyl (C=O) groups excluding carboxylic acids is 4. The Morgan fingerprint density at radius 2 is 1.80 bits per heavy atom. The quantitative estimate of drug-likeness (QED) is 0.273. The van der Waals surface area contributed by atoms with E-state index in [0.29, 0.717) is 17.1 Å². The second kappa shape index (κ2) is 14.2. The number of benzene rings is 2. The van der Waals surface area contributed by atoms with Crippen LogP contribution in [0.2, 0.25) is 0 Å². The Balaban J connectivity index is 1.86. The summed E-state index contributed by atoms with van der Waals surface area (Å²) in [7, 11) is 0. The highest BCUT2D eigenvalue weighted by Crippen LogP contribution is 2.29. The van der Waals surface area contributed by atoms with Gasteiger partial charge in [0.15, 0.2) is 0 Å². The smallest absolute Gasteiger partial charge is 0.268 e. The number of hydrogen-bond donors (Lipinski definition) is 6. The zero-order valence-corrected chi connectivity index (χ0v) is 24.0. The number of phenols is 1. The molecule has 4 amide bonds. The standard InChI is InChI=1S/C28H35N5O5S2/c1-28(2)23(24(30)35)33-26(37)21(15-17-6-4-3-5-7-17)31-27(38)22(16-39-12-13-40-28)32-25(36)20(29)14-18-8-10-19(34)11-9-18/h3-11,15,20,22-23,34H,12-14,16,29H2,1-2H3,(H2,30,35)(H,31,38)(H,32,36)(H,33,37)/b21-15-/t20-,22-,23?/m0/s1. The predicted octanol–water partition coefficient (Wildman–Crippen LogP) is 1.13. The van der Waals surface area contributed by atoms with Gasteiger partial charge in [-0.25, -0.2) is 0 Å². The first-order chi connectivity index (χ1) is 19.0. The Kier molecular flexibility index (Phi) is 11.1. The van der Waals surface area contributed by atoms with Crippen LogP contribution < -0.4 is 27.4 Å². The van der Waals surface area contributed by atoms with Gasteiger partial charge in [0.1, 0.15) is 23.5 Å². The van der Waals surface area contributed by atoms with Gasteiger partial charge in [0.25, 0.3) is 5.91 Å². The summed E-state index contributed by atoms with van der Waals surface area (Å²) in [5.41, 5.74) is 13.1. The third-order valence-corrected chi connectivity index (χ3v) is 8.92. The summed E-state index contributed by atoms with van der Waals surface area (Å²) in [6.45, 7) is 3.66. The van der Waals surface area contributed by atoms with Crippen LogP contribution in [0.15, 0.2) is 60.3 Å². The number of carbonyl (C=O) groups is 4. The van der Waals surface area contributed by atoms with Crippen LogP contribution >= 0.6 is 23.5 Å². The number of amides is 4. The summed E-state index contributed by atoms with van der Waals surface area (Å²) in [6.07, 6.45) is 1.70. The first-order valence-electron chi connectivity index (χ1n) is 12.7. The molecule has 3 atom stereocenters. The largest absolute Gasteiger partial charge is 0.508 e. The Bertz CT molecular complexity index is 1240. The molecule has 2 aromatic rings. The maximum atomic E-state index is 13.4. The molecule has 1 fully saturated rings. The molecule has 0 aliphatic carbocycles. The fourth-order valence-corrected chi connectivity index (χ4v) is 6.29. The number of rotatable bonds is 6. The molecular formula is C28H35N5O5S2. The molecule has 8 N–H and O–H groups in total. The van der Waals surface area contributed by atoms with Crippen LogP contribution in [0.5, 0.6) is 5.75 Å². The molecule has 40 heavy (non-hydrogen) atoms. The van der Waals surface area contributed by atoms with E-state index in [0.717, 1.165) is 5.56 Å². The van der Waals surface area contributed by atoms with Crippen LogP contribution in [0.4, 0.5) is 0 Å². The van der Waals surface area contributed by atoms with Gasteiger partial charge in [-0.05, 0) is 49.6 Å². The van der Waals surface area contributed by atoms with Crippen molar-refractivity contribution in [1.82, 2.24) is 16.0 Å². The second-order valence-corrected chi connectivity index (χ2v) is 12.7. The van der Waals surface area contributed by atoms with Gasteiger partial charge in [0.05, 0.1) is 6.04 Å². The van der Waals surface area contributed by atoms with Crippen molar-refractivity contribution in [3.8, 4) is 5.75 Å². The molecule has 0 aromatic heterocycles. The van der Waals surface area contributed by atoms with Crippen molar-refractivity contribution in [2.75, 3.05) is 17.3 Å². The number of nitrogens with one attached hydrogen (secondary N) is 3. The predicted molar refractivity (Wildman–Crippen MR) is 159 cm³/mol. The van der Waals surface area contributed by atoms with E-state index < -0.39 is 46.5 Å². The summed E-state index contributed by atoms with van der Waals surface area (Å²) in [4.78, 5) is 52.1. The number of thioether (sulfide) groups is 2. The van der Waals surface area contributed by atoms with Crippen molar-refractivity contribution in [2.45, 2.75) is 43.1 Å². The average molecular weight is 586 g/mol. The minimum Gasteiger partial charge on any atom is -0.508 e. The lowest BCUT2D eigenvalue weighted by molar-refractivity contribution is -0.129. The van der Waals surface area contributed by atoms with Crippen LogP contribution in [0.3, 0.4) is 0 Å². The minimum absolute atomic E-state index is 0.0971. The van der Waals surface area contributed by atoms with E-state index in [4.69, 9.17) is 11.5 Å². The molecule has 1 aliphatic rings. The molecule has 0 spiro atoms. The van der Waals surface area contributed by atoms with Gasteiger partial charge in [0, 0.05) is 22.0 Å². The maximum absolute atomic E-state index is 13.4. The molecule has 3 rings (SSSR count). The van der Waals surface area contributed by atoms with Crippen molar-refractivity contribution >= 4 is 53.2 Å². The summed E-state index contributed by atoms with van der Waals surface area (Å²) >= 11 is 2.94. The maximum Gasteiger partial charge on any atom is 0.268 e. The van der Waals surface area contributed by atoms with E-state index in [2.05, 4.69) is 16.0 Å². The molecule has 214 valence electrons. The lowest BCUT2D eigenvalue weighted by atomic mass is 10.0. The van der Waals surface area contributed by atoms with Crippen molar-refractivity contribution in [3.63, 3.8) is 0 Å². The third kappa shape index (κ3) is 9.04. The van der Waals surface area contributed by atoms with Crippen molar-refractivity contribution < 1.29 is 24.3 Å². The lowest BCUT2D eigenvalue weighted by Gasteiger charge is -2.32. The van der Waals surface area contributed by atoms with Crippen LogP contribution in [-0.4, -0.2) is 68.9 Å². The van der Waals surface area contributed by atoms with Crippen LogP contribution in [0, 0.1) is 0 Å². The van der Waals surface area contributed by atoms with E-state index >= 15 is 0 Å². The van der Waals surface area contributed by atoms with E-state index in [9.17, 15) is 24.3 Å². The SMILES string of the molecule is CC1(C)SCCSC[C@H](NC(=O)[C@@H](N)Cc2ccc(O)cc2)C(=O)N/C(=C\c2ccccc2)C(=O)NC1C(N)=O. The number of primary amides is 1. The normalized spacial score (nSPS) is 22.0. The highest BCUT2D eigenvalue weighted by molar-refractivity contribution is 8.03. The van der Waals surface area contributed by atoms with Crippen molar-refractivity contribution in [2.24, 2.45) is 11.5 Å². The van der Waals surface area contributed by atoms with Gasteiger partial charge in [-0.3, -0.25) is 19.2 Å². The Morgan fingerprint density at radius 3 is 2.45 bits per heavy atom. The number of hydrogen-bond acceptors (Lipinski definition) is 8. The number of nitrogens with two attached hydrogens (primary N) is 2. The highest BCUT2D eigenvalue weighted by atomic mass is 32.2. The molecule has 1 saturated heterocycles. The third-order valence-electron chi connectivity index (χ3n) is 6.22. The number of aromatic hydroxyl groups is 1. The molecular weight excluding hydrogens is 550 g/mol. The zero-order valence-electron chi connectivity index (χ0n) is 22.4. The zero-order chi connectivity index (χ0) is 29.3. The molecule has 2 aromatic carbocycles. The first-order valence-corrected chi connectivity index (χ1v) is 14.8.